The van der Waals surface area contributed by atoms with Crippen molar-refractivity contribution < 1.29 is 27.9 Å². The van der Waals surface area contributed by atoms with Crippen molar-refractivity contribution in [3.63, 3.8) is 0 Å². The summed E-state index contributed by atoms with van der Waals surface area (Å²) in [5.41, 5.74) is 2.71. The largest absolute Gasteiger partial charge is 0.481 e. The third kappa shape index (κ3) is 7.58. The fraction of sp³-hybridized carbons (Fsp3) is 0.462. The van der Waals surface area contributed by atoms with Crippen LogP contribution in [-0.4, -0.2) is 23.3 Å². The van der Waals surface area contributed by atoms with Gasteiger partial charge in [-0.15, -0.1) is 0 Å². The number of hydrogen-bond acceptors (Lipinski definition) is 4. The van der Waals surface area contributed by atoms with E-state index in [1.165, 1.54) is 6.07 Å². The third-order valence-corrected chi connectivity index (χ3v) is 6.12. The molecule has 0 spiro atoms. The van der Waals surface area contributed by atoms with Crippen LogP contribution in [0.25, 0.3) is 0 Å². The lowest BCUT2D eigenvalue weighted by atomic mass is 9.81. The second-order valence-corrected chi connectivity index (χ2v) is 8.72. The van der Waals surface area contributed by atoms with Crippen molar-refractivity contribution >= 4 is 11.7 Å². The summed E-state index contributed by atoms with van der Waals surface area (Å²) < 4.78 is 41.2. The molecule has 0 heterocycles. The highest BCUT2D eigenvalue weighted by Gasteiger charge is 2.35. The Morgan fingerprint density at radius 3 is 2.41 bits per heavy atom. The summed E-state index contributed by atoms with van der Waals surface area (Å²) in [5, 5.41) is 15.8. The van der Waals surface area contributed by atoms with Crippen LogP contribution >= 0.6 is 0 Å². The Morgan fingerprint density at radius 2 is 1.76 bits per heavy atom. The summed E-state index contributed by atoms with van der Waals surface area (Å²) in [7, 11) is 0. The Bertz CT molecular complexity index is 982. The predicted octanol–water partition coefficient (Wildman–Crippen LogP) is 6.26. The van der Waals surface area contributed by atoms with Crippen LogP contribution in [0.1, 0.15) is 79.2 Å². The number of carboxylic acid groups (broad SMARTS) is 1. The first-order chi connectivity index (χ1) is 16.2. The molecule has 1 fully saturated rings. The van der Waals surface area contributed by atoms with E-state index in [4.69, 9.17) is 9.94 Å². The number of oxime groups is 1. The van der Waals surface area contributed by atoms with Gasteiger partial charge in [-0.3, -0.25) is 4.79 Å². The molecule has 1 aliphatic rings. The minimum atomic E-state index is -4.40. The zero-order valence-corrected chi connectivity index (χ0v) is 19.3. The van der Waals surface area contributed by atoms with Crippen LogP contribution < -0.4 is 5.32 Å². The van der Waals surface area contributed by atoms with Gasteiger partial charge >= 0.3 is 12.1 Å². The van der Waals surface area contributed by atoms with Crippen molar-refractivity contribution in [2.75, 3.05) is 6.54 Å². The fourth-order valence-corrected chi connectivity index (χ4v) is 4.26. The van der Waals surface area contributed by atoms with Gasteiger partial charge in [-0.2, -0.15) is 13.2 Å². The number of nitrogens with zero attached hydrogens (tertiary/aromatic N) is 1. The third-order valence-electron chi connectivity index (χ3n) is 6.12. The van der Waals surface area contributed by atoms with Crippen LogP contribution in [0.15, 0.2) is 47.6 Å². The first kappa shape index (κ1) is 25.7. The molecule has 0 saturated heterocycles. The summed E-state index contributed by atoms with van der Waals surface area (Å²) in [6.45, 7) is 2.67. The van der Waals surface area contributed by atoms with Gasteiger partial charge in [0, 0.05) is 13.1 Å². The molecule has 2 N–H and O–H groups in total. The van der Waals surface area contributed by atoms with Gasteiger partial charge in [0.25, 0.3) is 0 Å². The summed E-state index contributed by atoms with van der Waals surface area (Å²) in [5.74, 6) is -0.875. The maximum Gasteiger partial charge on any atom is 0.416 e. The molecular formula is C26H31F3N2O3. The number of alkyl halides is 3. The van der Waals surface area contributed by atoms with Gasteiger partial charge < -0.3 is 15.3 Å². The van der Waals surface area contributed by atoms with Crippen LogP contribution in [0, 0.1) is 0 Å². The maximum absolute atomic E-state index is 13.7. The zero-order chi connectivity index (χ0) is 24.6. The van der Waals surface area contributed by atoms with E-state index in [1.807, 2.05) is 24.3 Å². The first-order valence-corrected chi connectivity index (χ1v) is 11.6. The normalized spacial score (nSPS) is 15.4. The minimum absolute atomic E-state index is 0.0315. The molecule has 0 unspecified atom stereocenters. The number of nitrogens with one attached hydrogen (secondary N) is 1. The maximum atomic E-state index is 13.7. The molecule has 184 valence electrons. The molecule has 5 nitrogen and oxygen atoms in total. The smallest absolute Gasteiger partial charge is 0.416 e. The lowest BCUT2D eigenvalue weighted by Gasteiger charge is -2.25. The van der Waals surface area contributed by atoms with Gasteiger partial charge in [-0.05, 0) is 54.0 Å². The molecule has 2 aromatic rings. The second-order valence-electron chi connectivity index (χ2n) is 8.72. The highest BCUT2D eigenvalue weighted by molar-refractivity contribution is 5.98. The Hall–Kier alpha value is -2.87. The van der Waals surface area contributed by atoms with Gasteiger partial charge in [-0.25, -0.2) is 0 Å². The molecular weight excluding hydrogens is 445 g/mol. The predicted molar refractivity (Wildman–Crippen MR) is 125 cm³/mol. The van der Waals surface area contributed by atoms with E-state index >= 15 is 0 Å². The monoisotopic (exact) mass is 476 g/mol. The van der Waals surface area contributed by atoms with Crippen LogP contribution in [0.2, 0.25) is 0 Å². The molecule has 1 saturated carbocycles. The van der Waals surface area contributed by atoms with E-state index in [-0.39, 0.29) is 18.9 Å². The minimum Gasteiger partial charge on any atom is -0.481 e. The van der Waals surface area contributed by atoms with E-state index in [9.17, 15) is 18.0 Å². The molecule has 0 bridgehead atoms. The Balaban J connectivity index is 1.59. The van der Waals surface area contributed by atoms with E-state index in [0.717, 1.165) is 43.2 Å². The zero-order valence-electron chi connectivity index (χ0n) is 19.3. The Labute approximate surface area is 198 Å². The molecule has 8 heteroatoms. The van der Waals surface area contributed by atoms with Crippen molar-refractivity contribution in [1.29, 1.82) is 0 Å². The Kier molecular flexibility index (Phi) is 9.10. The SMILES string of the molecule is C/C(=N\OCc1ccc(C2CCCCC2)c(C(F)(F)F)c1)c1ccc(CNCCC(=O)O)cc1. The average Bonchev–Trinajstić information content (AvgIpc) is 2.82. The van der Waals surface area contributed by atoms with Crippen molar-refractivity contribution in [2.45, 2.75) is 70.7 Å². The molecule has 2 aromatic carbocycles. The number of benzene rings is 2. The highest BCUT2D eigenvalue weighted by Crippen LogP contribution is 2.41. The van der Waals surface area contributed by atoms with Crippen molar-refractivity contribution in [3.05, 3.63) is 70.3 Å². The van der Waals surface area contributed by atoms with Gasteiger partial charge in [0.2, 0.25) is 0 Å². The van der Waals surface area contributed by atoms with E-state index in [1.54, 1.807) is 19.1 Å². The summed E-state index contributed by atoms with van der Waals surface area (Å²) in [6, 6.07) is 12.1. The highest BCUT2D eigenvalue weighted by atomic mass is 19.4. The van der Waals surface area contributed by atoms with Crippen LogP contribution in [0.3, 0.4) is 0 Å². The van der Waals surface area contributed by atoms with Gasteiger partial charge in [0.05, 0.1) is 17.7 Å². The summed E-state index contributed by atoms with van der Waals surface area (Å²) in [4.78, 5) is 15.9. The van der Waals surface area contributed by atoms with Crippen LogP contribution in [0.4, 0.5) is 13.2 Å². The molecule has 0 radical (unpaired) electrons. The number of carbonyl (C=O) groups is 1. The average molecular weight is 477 g/mol. The number of hydrogen-bond donors (Lipinski definition) is 2. The molecule has 0 atom stereocenters. The van der Waals surface area contributed by atoms with Crippen molar-refractivity contribution in [1.82, 2.24) is 5.32 Å². The van der Waals surface area contributed by atoms with E-state index in [2.05, 4.69) is 10.5 Å². The standard InChI is InChI=1S/C26H31F3N2O3/c1-18(21-10-7-19(8-11-21)16-30-14-13-25(32)33)31-34-17-20-9-12-23(22-5-3-2-4-6-22)24(15-20)26(27,28)29/h7-12,15,22,30H,2-6,13-14,16-17H2,1H3,(H,32,33)/b31-18+. The Morgan fingerprint density at radius 1 is 1.09 bits per heavy atom. The molecule has 34 heavy (non-hydrogen) atoms. The van der Waals surface area contributed by atoms with Gasteiger partial charge in [-0.1, -0.05) is 60.8 Å². The molecule has 1 aliphatic carbocycles. The van der Waals surface area contributed by atoms with Gasteiger partial charge in [0.1, 0.15) is 6.61 Å². The van der Waals surface area contributed by atoms with Crippen LogP contribution in [-0.2, 0) is 29.0 Å². The first-order valence-electron chi connectivity index (χ1n) is 11.6. The number of aliphatic carboxylic acids is 1. The van der Waals surface area contributed by atoms with Gasteiger partial charge in [0.15, 0.2) is 0 Å². The summed E-state index contributed by atoms with van der Waals surface area (Å²) in [6.07, 6.45) is 0.319. The van der Waals surface area contributed by atoms with Crippen LogP contribution in [0.5, 0.6) is 0 Å². The molecule has 0 amide bonds. The number of halogens is 3. The lowest BCUT2D eigenvalue weighted by molar-refractivity contribution is -0.139. The number of rotatable bonds is 10. The molecule has 0 aromatic heterocycles. The topological polar surface area (TPSA) is 70.9 Å². The van der Waals surface area contributed by atoms with E-state index < -0.39 is 17.7 Å². The lowest BCUT2D eigenvalue weighted by Crippen LogP contribution is -2.17. The number of carboxylic acids is 1. The molecule has 3 rings (SSSR count). The second kappa shape index (κ2) is 12.0. The fourth-order valence-electron chi connectivity index (χ4n) is 4.26. The van der Waals surface area contributed by atoms with E-state index in [0.29, 0.717) is 29.9 Å². The van der Waals surface area contributed by atoms with Crippen molar-refractivity contribution in [3.8, 4) is 0 Å². The quantitative estimate of drug-likeness (QED) is 0.241. The summed E-state index contributed by atoms with van der Waals surface area (Å²) >= 11 is 0. The van der Waals surface area contributed by atoms with Crippen molar-refractivity contribution in [2.24, 2.45) is 5.16 Å². The molecule has 0 aliphatic heterocycles.